The fraction of sp³-hybridized carbons (Fsp3) is 0.821. The molecule has 2 N–H and O–H groups in total. The Hall–Kier alpha value is -1.33. The van der Waals surface area contributed by atoms with Crippen LogP contribution in [0.5, 0.6) is 0 Å². The van der Waals surface area contributed by atoms with E-state index in [9.17, 15) is 15.0 Å². The number of ether oxygens (including phenoxy) is 6. The van der Waals surface area contributed by atoms with E-state index in [1.165, 1.54) is 5.57 Å². The quantitative estimate of drug-likeness (QED) is 0.428. The highest BCUT2D eigenvalue weighted by atomic mass is 16.8. The van der Waals surface area contributed by atoms with Crippen LogP contribution in [0.1, 0.15) is 59.3 Å². The number of hydrogen-bond acceptors (Lipinski definition) is 9. The molecule has 0 aromatic rings. The van der Waals surface area contributed by atoms with Gasteiger partial charge in [0.2, 0.25) is 0 Å². The third-order valence-corrected chi connectivity index (χ3v) is 10.0. The Labute approximate surface area is 218 Å². The van der Waals surface area contributed by atoms with E-state index in [1.54, 1.807) is 7.11 Å². The SMILES string of the molecule is CO[C@@H]1C[C@H](O[C@H]2CC[C@@]3(C)C(=CC[C@H]4C(=O)O[C@H]5CO[C@]6(C)O[C@H](O)/C(=C/C[C@@H]43)[C@H]56)C2)O[C@H](C)[C@H]1O. The highest BCUT2D eigenvalue weighted by Gasteiger charge is 2.60. The van der Waals surface area contributed by atoms with Crippen LogP contribution in [0.15, 0.2) is 23.3 Å². The van der Waals surface area contributed by atoms with E-state index in [0.29, 0.717) is 19.3 Å². The van der Waals surface area contributed by atoms with Gasteiger partial charge >= 0.3 is 5.97 Å². The molecule has 0 unspecified atom stereocenters. The number of aliphatic hydroxyl groups is 2. The van der Waals surface area contributed by atoms with Crippen LogP contribution in [0.25, 0.3) is 0 Å². The van der Waals surface area contributed by atoms with Crippen molar-refractivity contribution in [3.63, 3.8) is 0 Å². The first kappa shape index (κ1) is 25.9. The fourth-order valence-electron chi connectivity index (χ4n) is 7.83. The first-order chi connectivity index (χ1) is 17.6. The van der Waals surface area contributed by atoms with Gasteiger partial charge in [0.05, 0.1) is 36.8 Å². The number of methoxy groups -OCH3 is 1. The molecule has 0 bridgehead atoms. The zero-order chi connectivity index (χ0) is 26.1. The van der Waals surface area contributed by atoms with Gasteiger partial charge in [0.25, 0.3) is 0 Å². The molecule has 4 fully saturated rings. The van der Waals surface area contributed by atoms with Gasteiger partial charge in [-0.05, 0) is 62.9 Å². The molecule has 2 aliphatic carbocycles. The number of aliphatic hydroxyl groups excluding tert-OH is 2. The Morgan fingerprint density at radius 1 is 1.16 bits per heavy atom. The molecule has 3 saturated heterocycles. The van der Waals surface area contributed by atoms with Crippen molar-refractivity contribution in [2.75, 3.05) is 13.7 Å². The molecule has 37 heavy (non-hydrogen) atoms. The van der Waals surface area contributed by atoms with Crippen LogP contribution in [0, 0.1) is 23.2 Å². The molecule has 6 aliphatic rings. The summed E-state index contributed by atoms with van der Waals surface area (Å²) >= 11 is 0. The third-order valence-electron chi connectivity index (χ3n) is 10.0. The molecule has 12 atom stereocenters. The van der Waals surface area contributed by atoms with Crippen LogP contribution in [0.3, 0.4) is 0 Å². The first-order valence-corrected chi connectivity index (χ1v) is 13.7. The van der Waals surface area contributed by atoms with Crippen LogP contribution >= 0.6 is 0 Å². The minimum Gasteiger partial charge on any atom is -0.459 e. The second-order valence-corrected chi connectivity index (χ2v) is 12.1. The molecule has 4 aliphatic heterocycles. The molecule has 0 aromatic carbocycles. The normalized spacial score (nSPS) is 52.9. The number of fused-ring (bicyclic) bond motifs is 3. The number of carbonyl (C=O) groups is 1. The summed E-state index contributed by atoms with van der Waals surface area (Å²) in [6.07, 6.45) is 5.39. The van der Waals surface area contributed by atoms with Gasteiger partial charge in [-0.3, -0.25) is 4.79 Å². The summed E-state index contributed by atoms with van der Waals surface area (Å²) < 4.78 is 35.4. The van der Waals surface area contributed by atoms with E-state index in [0.717, 1.165) is 24.8 Å². The maximum atomic E-state index is 13.5. The van der Waals surface area contributed by atoms with Crippen LogP contribution in [0.2, 0.25) is 0 Å². The molecular weight excluding hydrogens is 480 g/mol. The summed E-state index contributed by atoms with van der Waals surface area (Å²) in [5, 5.41) is 20.9. The van der Waals surface area contributed by atoms with Gasteiger partial charge < -0.3 is 38.6 Å². The van der Waals surface area contributed by atoms with E-state index in [4.69, 9.17) is 28.4 Å². The molecule has 0 aromatic heterocycles. The Morgan fingerprint density at radius 3 is 2.76 bits per heavy atom. The van der Waals surface area contributed by atoms with Crippen LogP contribution < -0.4 is 0 Å². The lowest BCUT2D eigenvalue weighted by Gasteiger charge is -2.50. The van der Waals surface area contributed by atoms with E-state index in [1.807, 2.05) is 13.8 Å². The Morgan fingerprint density at radius 2 is 1.97 bits per heavy atom. The molecule has 0 amide bonds. The summed E-state index contributed by atoms with van der Waals surface area (Å²) in [5.41, 5.74) is 1.92. The minimum atomic E-state index is -1.05. The number of esters is 1. The smallest absolute Gasteiger partial charge is 0.309 e. The largest absolute Gasteiger partial charge is 0.459 e. The minimum absolute atomic E-state index is 0.00438. The predicted molar refractivity (Wildman–Crippen MR) is 130 cm³/mol. The predicted octanol–water partition coefficient (Wildman–Crippen LogP) is 2.59. The van der Waals surface area contributed by atoms with Gasteiger partial charge in [0, 0.05) is 13.5 Å². The van der Waals surface area contributed by atoms with Crippen molar-refractivity contribution in [3.05, 3.63) is 23.3 Å². The summed E-state index contributed by atoms with van der Waals surface area (Å²) in [7, 11) is 1.60. The topological polar surface area (TPSA) is 113 Å². The number of rotatable bonds is 3. The molecule has 6 rings (SSSR count). The number of allylic oxidation sites excluding steroid dienone is 2. The lowest BCUT2D eigenvalue weighted by atomic mass is 9.55. The van der Waals surface area contributed by atoms with Gasteiger partial charge in [0.15, 0.2) is 18.4 Å². The Bertz CT molecular complexity index is 979. The molecule has 1 saturated carbocycles. The van der Waals surface area contributed by atoms with Gasteiger partial charge in [-0.25, -0.2) is 0 Å². The van der Waals surface area contributed by atoms with E-state index < -0.39 is 30.6 Å². The van der Waals surface area contributed by atoms with Crippen molar-refractivity contribution >= 4 is 5.97 Å². The van der Waals surface area contributed by atoms with Crippen molar-refractivity contribution in [2.45, 2.75) is 108 Å². The van der Waals surface area contributed by atoms with Crippen molar-refractivity contribution in [2.24, 2.45) is 23.2 Å². The van der Waals surface area contributed by atoms with Crippen molar-refractivity contribution in [1.29, 1.82) is 0 Å². The molecule has 0 spiro atoms. The highest BCUT2D eigenvalue weighted by molar-refractivity contribution is 5.74. The van der Waals surface area contributed by atoms with Gasteiger partial charge in [0.1, 0.15) is 12.2 Å². The molecule has 0 radical (unpaired) electrons. The van der Waals surface area contributed by atoms with Crippen LogP contribution in [0.4, 0.5) is 0 Å². The molecule has 9 nitrogen and oxygen atoms in total. The zero-order valence-corrected chi connectivity index (χ0v) is 22.1. The Kier molecular flexibility index (Phi) is 6.58. The van der Waals surface area contributed by atoms with Crippen LogP contribution in [-0.4, -0.2) is 78.8 Å². The summed E-state index contributed by atoms with van der Waals surface area (Å²) in [4.78, 5) is 13.5. The molecule has 4 heterocycles. The van der Waals surface area contributed by atoms with Crippen molar-refractivity contribution in [1.82, 2.24) is 0 Å². The first-order valence-electron chi connectivity index (χ1n) is 13.7. The lowest BCUT2D eigenvalue weighted by Crippen LogP contribution is -2.50. The highest BCUT2D eigenvalue weighted by Crippen LogP contribution is 2.56. The summed E-state index contributed by atoms with van der Waals surface area (Å²) in [6, 6.07) is 0. The second-order valence-electron chi connectivity index (χ2n) is 12.1. The fourth-order valence-corrected chi connectivity index (χ4v) is 7.83. The average molecular weight is 521 g/mol. The number of carbonyl (C=O) groups excluding carboxylic acids is 1. The van der Waals surface area contributed by atoms with Gasteiger partial charge in [-0.15, -0.1) is 0 Å². The van der Waals surface area contributed by atoms with Crippen molar-refractivity contribution in [3.8, 4) is 0 Å². The summed E-state index contributed by atoms with van der Waals surface area (Å²) in [5.74, 6) is -1.61. The number of hydrogen-bond donors (Lipinski definition) is 2. The van der Waals surface area contributed by atoms with E-state index in [-0.39, 0.29) is 54.1 Å². The molecule has 9 heteroatoms. The lowest BCUT2D eigenvalue weighted by molar-refractivity contribution is -0.265. The monoisotopic (exact) mass is 520 g/mol. The molecule has 206 valence electrons. The van der Waals surface area contributed by atoms with Crippen LogP contribution in [-0.2, 0) is 33.2 Å². The van der Waals surface area contributed by atoms with Gasteiger partial charge in [-0.2, -0.15) is 0 Å². The standard InChI is InChI=1S/C28H40O9/c1-14-24(29)20(32-4)12-22(34-14)35-16-9-10-27(2)15(11-16)5-6-17-19(27)8-7-18-23-21(36-25(17)30)13-33-28(23,3)37-26(18)31/h5,7,14,16-17,19-24,26,29,31H,6,8-13H2,1-4H3/b18-7+/t14-,16+,17-,19+,20-,21+,22+,23-,24-,26+,27+,28-/m1/s1. The maximum Gasteiger partial charge on any atom is 0.309 e. The van der Waals surface area contributed by atoms with E-state index >= 15 is 0 Å². The molecular formula is C28H40O9. The Balaban J connectivity index is 1.21. The van der Waals surface area contributed by atoms with Crippen molar-refractivity contribution < 1.29 is 43.4 Å². The second kappa shape index (κ2) is 9.40. The van der Waals surface area contributed by atoms with Gasteiger partial charge in [-0.1, -0.05) is 24.6 Å². The zero-order valence-electron chi connectivity index (χ0n) is 22.1. The van der Waals surface area contributed by atoms with E-state index in [2.05, 4.69) is 19.1 Å². The maximum absolute atomic E-state index is 13.5. The third kappa shape index (κ3) is 4.22. The average Bonchev–Trinajstić information content (AvgIpc) is 3.31. The summed E-state index contributed by atoms with van der Waals surface area (Å²) in [6.45, 7) is 6.19.